The molecule has 1 aliphatic rings. The number of anilines is 1. The molecule has 1 aromatic carbocycles. The van der Waals surface area contributed by atoms with E-state index in [2.05, 4.69) is 5.32 Å². The van der Waals surface area contributed by atoms with Crippen molar-refractivity contribution in [3.8, 4) is 5.75 Å². The standard InChI is InChI=1S/C8H5Cl2NO4S/c9-4-1-5-6(15-3-8(12)11-5)2-7(4)16(10,13)14/h1-2H,3H2,(H,11,12). The maximum atomic E-state index is 11.1. The number of halogens is 2. The summed E-state index contributed by atoms with van der Waals surface area (Å²) in [6.07, 6.45) is 0. The number of benzene rings is 1. The maximum absolute atomic E-state index is 11.1. The van der Waals surface area contributed by atoms with E-state index in [1.165, 1.54) is 12.1 Å². The van der Waals surface area contributed by atoms with Crippen molar-refractivity contribution in [1.29, 1.82) is 0 Å². The molecule has 8 heteroatoms. The first-order chi connectivity index (χ1) is 7.38. The molecule has 0 spiro atoms. The van der Waals surface area contributed by atoms with Crippen molar-refractivity contribution in [2.45, 2.75) is 4.90 Å². The lowest BCUT2D eigenvalue weighted by molar-refractivity contribution is -0.118. The third-order valence-electron chi connectivity index (χ3n) is 1.93. The van der Waals surface area contributed by atoms with Crippen molar-refractivity contribution in [3.05, 3.63) is 17.2 Å². The van der Waals surface area contributed by atoms with E-state index < -0.39 is 9.05 Å². The summed E-state index contributed by atoms with van der Waals surface area (Å²) in [5, 5.41) is 2.42. The number of nitrogens with one attached hydrogen (secondary N) is 1. The lowest BCUT2D eigenvalue weighted by atomic mass is 10.2. The Hall–Kier alpha value is -0.980. The van der Waals surface area contributed by atoms with Crippen LogP contribution in [0.25, 0.3) is 0 Å². The highest BCUT2D eigenvalue weighted by Gasteiger charge is 2.22. The van der Waals surface area contributed by atoms with E-state index in [0.29, 0.717) is 5.69 Å². The minimum Gasteiger partial charge on any atom is -0.482 e. The first kappa shape index (κ1) is 11.5. The van der Waals surface area contributed by atoms with Gasteiger partial charge in [0.15, 0.2) is 6.61 Å². The third-order valence-corrected chi connectivity index (χ3v) is 3.72. The quantitative estimate of drug-likeness (QED) is 0.794. The zero-order chi connectivity index (χ0) is 11.9. The molecule has 0 aliphatic carbocycles. The van der Waals surface area contributed by atoms with Crippen molar-refractivity contribution in [2.75, 3.05) is 11.9 Å². The summed E-state index contributed by atoms with van der Waals surface area (Å²) >= 11 is 5.72. The highest BCUT2D eigenvalue weighted by Crippen LogP contribution is 2.36. The van der Waals surface area contributed by atoms with Gasteiger partial charge in [-0.15, -0.1) is 0 Å². The molecule has 0 saturated heterocycles. The van der Waals surface area contributed by atoms with Crippen molar-refractivity contribution in [2.24, 2.45) is 0 Å². The monoisotopic (exact) mass is 281 g/mol. The summed E-state index contributed by atoms with van der Waals surface area (Å²) in [5.74, 6) is -0.103. The Morgan fingerprint density at radius 2 is 2.06 bits per heavy atom. The number of hydrogen-bond acceptors (Lipinski definition) is 4. The fourth-order valence-electron chi connectivity index (χ4n) is 1.27. The van der Waals surface area contributed by atoms with E-state index in [9.17, 15) is 13.2 Å². The van der Waals surface area contributed by atoms with Gasteiger partial charge in [-0.2, -0.15) is 0 Å². The van der Waals surface area contributed by atoms with Crippen LogP contribution in [0.15, 0.2) is 17.0 Å². The molecule has 86 valence electrons. The molecule has 0 bridgehead atoms. The molecule has 1 aliphatic heterocycles. The van der Waals surface area contributed by atoms with Gasteiger partial charge in [-0.25, -0.2) is 8.42 Å². The summed E-state index contributed by atoms with van der Waals surface area (Å²) in [5.41, 5.74) is 0.324. The van der Waals surface area contributed by atoms with Crippen molar-refractivity contribution in [1.82, 2.24) is 0 Å². The number of hydrogen-bond donors (Lipinski definition) is 1. The number of carbonyl (C=O) groups is 1. The van der Waals surface area contributed by atoms with E-state index in [0.717, 1.165) is 0 Å². The normalized spacial score (nSPS) is 15.0. The molecule has 2 rings (SSSR count). The van der Waals surface area contributed by atoms with Crippen molar-refractivity contribution < 1.29 is 17.9 Å². The molecule has 1 heterocycles. The Bertz CT molecular complexity index is 570. The van der Waals surface area contributed by atoms with Crippen LogP contribution in [0.3, 0.4) is 0 Å². The molecule has 1 aromatic rings. The highest BCUT2D eigenvalue weighted by molar-refractivity contribution is 8.13. The van der Waals surface area contributed by atoms with E-state index >= 15 is 0 Å². The minimum absolute atomic E-state index is 0.0699. The third kappa shape index (κ3) is 2.09. The van der Waals surface area contributed by atoms with Crippen LogP contribution in [0.2, 0.25) is 5.02 Å². The Kier molecular flexibility index (Phi) is 2.73. The van der Waals surface area contributed by atoms with Crippen LogP contribution in [-0.4, -0.2) is 20.9 Å². The second-order valence-corrected chi connectivity index (χ2v) is 6.00. The van der Waals surface area contributed by atoms with E-state index in [1.807, 2.05) is 0 Å². The van der Waals surface area contributed by atoms with Crippen LogP contribution in [0.4, 0.5) is 5.69 Å². The van der Waals surface area contributed by atoms with Crippen LogP contribution in [0.5, 0.6) is 5.75 Å². The Labute approximate surface area is 101 Å². The first-order valence-corrected chi connectivity index (χ1v) is 6.77. The van der Waals surface area contributed by atoms with Gasteiger partial charge < -0.3 is 10.1 Å². The number of carbonyl (C=O) groups excluding carboxylic acids is 1. The lowest BCUT2D eigenvalue weighted by Crippen LogP contribution is -2.25. The number of fused-ring (bicyclic) bond motifs is 1. The van der Waals surface area contributed by atoms with Crippen LogP contribution >= 0.6 is 22.3 Å². The average molecular weight is 282 g/mol. The number of ether oxygens (including phenoxy) is 1. The summed E-state index contributed by atoms with van der Waals surface area (Å²) in [6.45, 7) is -0.170. The van der Waals surface area contributed by atoms with Gasteiger partial charge in [0.25, 0.3) is 15.0 Å². The predicted octanol–water partition coefficient (Wildman–Crippen LogP) is 1.60. The van der Waals surface area contributed by atoms with E-state index in [-0.39, 0.29) is 28.2 Å². The minimum atomic E-state index is -3.93. The molecule has 16 heavy (non-hydrogen) atoms. The lowest BCUT2D eigenvalue weighted by Gasteiger charge is -2.18. The zero-order valence-corrected chi connectivity index (χ0v) is 9.99. The highest BCUT2D eigenvalue weighted by atomic mass is 35.7. The molecule has 0 fully saturated rings. The summed E-state index contributed by atoms with van der Waals surface area (Å²) in [6, 6.07) is 2.46. The molecule has 0 radical (unpaired) electrons. The Morgan fingerprint density at radius 3 is 2.69 bits per heavy atom. The van der Waals surface area contributed by atoms with Gasteiger partial charge in [0, 0.05) is 16.7 Å². The van der Waals surface area contributed by atoms with E-state index in [1.54, 1.807) is 0 Å². The van der Waals surface area contributed by atoms with Crippen LogP contribution < -0.4 is 10.1 Å². The SMILES string of the molecule is O=C1COc2cc(S(=O)(=O)Cl)c(Cl)cc2N1. The molecular formula is C8H5Cl2NO4S. The summed E-state index contributed by atoms with van der Waals surface area (Å²) < 4.78 is 27.3. The summed E-state index contributed by atoms with van der Waals surface area (Å²) in [7, 11) is 1.25. The van der Waals surface area contributed by atoms with Crippen LogP contribution in [0.1, 0.15) is 0 Å². The van der Waals surface area contributed by atoms with Gasteiger partial charge >= 0.3 is 0 Å². The smallest absolute Gasteiger partial charge is 0.262 e. The predicted molar refractivity (Wildman–Crippen MR) is 58.6 cm³/mol. The molecule has 5 nitrogen and oxygen atoms in total. The molecular weight excluding hydrogens is 277 g/mol. The maximum Gasteiger partial charge on any atom is 0.262 e. The first-order valence-electron chi connectivity index (χ1n) is 4.09. The van der Waals surface area contributed by atoms with E-state index in [4.69, 9.17) is 27.0 Å². The fourth-order valence-corrected chi connectivity index (χ4v) is 2.78. The number of rotatable bonds is 1. The molecule has 1 amide bonds. The van der Waals surface area contributed by atoms with Gasteiger partial charge in [0.2, 0.25) is 0 Å². The van der Waals surface area contributed by atoms with Crippen LogP contribution in [-0.2, 0) is 13.8 Å². The van der Waals surface area contributed by atoms with Gasteiger partial charge in [-0.3, -0.25) is 4.79 Å². The second kappa shape index (κ2) is 3.80. The number of amides is 1. The van der Waals surface area contributed by atoms with Crippen molar-refractivity contribution >= 4 is 42.9 Å². The molecule has 0 aromatic heterocycles. The molecule has 0 atom stereocenters. The van der Waals surface area contributed by atoms with Gasteiger partial charge in [0.1, 0.15) is 10.6 Å². The summed E-state index contributed by atoms with van der Waals surface area (Å²) in [4.78, 5) is 10.8. The molecule has 1 N–H and O–H groups in total. The van der Waals surface area contributed by atoms with Gasteiger partial charge in [-0.1, -0.05) is 11.6 Å². The van der Waals surface area contributed by atoms with Gasteiger partial charge in [0.05, 0.1) is 10.7 Å². The van der Waals surface area contributed by atoms with Crippen molar-refractivity contribution in [3.63, 3.8) is 0 Å². The average Bonchev–Trinajstić information content (AvgIpc) is 2.14. The molecule has 0 saturated carbocycles. The Morgan fingerprint density at radius 1 is 1.38 bits per heavy atom. The van der Waals surface area contributed by atoms with Crippen LogP contribution in [0, 0.1) is 0 Å². The fraction of sp³-hybridized carbons (Fsp3) is 0.125. The van der Waals surface area contributed by atoms with Gasteiger partial charge in [-0.05, 0) is 6.07 Å². The zero-order valence-electron chi connectivity index (χ0n) is 7.66. The second-order valence-electron chi connectivity index (χ2n) is 3.05. The Balaban J connectivity index is 2.59. The topological polar surface area (TPSA) is 72.5 Å². The largest absolute Gasteiger partial charge is 0.482 e. The molecule has 0 unspecified atom stereocenters.